The van der Waals surface area contributed by atoms with Gasteiger partial charge >= 0.3 is 6.09 Å². The second-order valence-electron chi connectivity index (χ2n) is 5.60. The number of rotatable bonds is 6. The van der Waals surface area contributed by atoms with E-state index >= 15 is 0 Å². The van der Waals surface area contributed by atoms with Gasteiger partial charge in [0.1, 0.15) is 6.61 Å². The molecule has 1 aromatic rings. The van der Waals surface area contributed by atoms with E-state index in [0.29, 0.717) is 12.8 Å². The van der Waals surface area contributed by atoms with Gasteiger partial charge in [0, 0.05) is 25.6 Å². The van der Waals surface area contributed by atoms with Gasteiger partial charge in [0.2, 0.25) is 5.91 Å². The summed E-state index contributed by atoms with van der Waals surface area (Å²) in [7, 11) is 0. The summed E-state index contributed by atoms with van der Waals surface area (Å²) in [5.74, 6) is 0.118. The van der Waals surface area contributed by atoms with Crippen LogP contribution in [-0.2, 0) is 16.1 Å². The minimum absolute atomic E-state index is 0.118. The Labute approximate surface area is 131 Å². The lowest BCUT2D eigenvalue weighted by Gasteiger charge is -2.20. The Hall–Kier alpha value is -2.04. The molecule has 2 rings (SSSR count). The molecule has 1 N–H and O–H groups in total. The highest BCUT2D eigenvalue weighted by Crippen LogP contribution is 2.11. The first-order chi connectivity index (χ1) is 10.7. The van der Waals surface area contributed by atoms with Crippen molar-refractivity contribution in [2.45, 2.75) is 45.3 Å². The summed E-state index contributed by atoms with van der Waals surface area (Å²) in [4.78, 5) is 25.8. The summed E-state index contributed by atoms with van der Waals surface area (Å²) in [5.41, 5.74) is 0.943. The average molecular weight is 304 g/mol. The number of hydrogen-bond donors (Lipinski definition) is 1. The molecule has 0 aliphatic carbocycles. The van der Waals surface area contributed by atoms with Crippen molar-refractivity contribution in [2.75, 3.05) is 13.1 Å². The van der Waals surface area contributed by atoms with Crippen LogP contribution in [0.5, 0.6) is 0 Å². The first-order valence-corrected chi connectivity index (χ1v) is 7.94. The molecule has 1 aliphatic rings. The molecule has 0 spiro atoms. The van der Waals surface area contributed by atoms with Gasteiger partial charge in [0.05, 0.1) is 0 Å². The largest absolute Gasteiger partial charge is 0.445 e. The first kappa shape index (κ1) is 16.3. The van der Waals surface area contributed by atoms with Crippen molar-refractivity contribution < 1.29 is 14.3 Å². The second kappa shape index (κ2) is 8.41. The van der Waals surface area contributed by atoms with Gasteiger partial charge < -0.3 is 15.0 Å². The van der Waals surface area contributed by atoms with E-state index in [2.05, 4.69) is 5.32 Å². The molecule has 0 saturated carbocycles. The fraction of sp³-hybridized carbons (Fsp3) is 0.529. The molecule has 0 bridgehead atoms. The van der Waals surface area contributed by atoms with Crippen LogP contribution in [0.2, 0.25) is 0 Å². The molecule has 1 heterocycles. The van der Waals surface area contributed by atoms with Crippen LogP contribution in [0.15, 0.2) is 30.3 Å². The Balaban J connectivity index is 1.74. The normalized spacial score (nSPS) is 15.4. The van der Waals surface area contributed by atoms with Gasteiger partial charge in [0.25, 0.3) is 0 Å². The fourth-order valence-corrected chi connectivity index (χ4v) is 2.54. The van der Waals surface area contributed by atoms with Crippen LogP contribution in [-0.4, -0.2) is 36.0 Å². The third-order valence-corrected chi connectivity index (χ3v) is 3.91. The third-order valence-electron chi connectivity index (χ3n) is 3.91. The number of benzene rings is 1. The molecule has 1 aromatic carbocycles. The molecule has 120 valence electrons. The van der Waals surface area contributed by atoms with E-state index in [4.69, 9.17) is 4.74 Å². The van der Waals surface area contributed by atoms with Gasteiger partial charge in [-0.25, -0.2) is 4.79 Å². The quantitative estimate of drug-likeness (QED) is 0.879. The van der Waals surface area contributed by atoms with Crippen molar-refractivity contribution in [1.29, 1.82) is 0 Å². The molecule has 22 heavy (non-hydrogen) atoms. The molecule has 0 aromatic heterocycles. The Kier molecular flexibility index (Phi) is 6.25. The van der Waals surface area contributed by atoms with Crippen molar-refractivity contribution >= 4 is 12.0 Å². The number of alkyl carbamates (subject to hydrolysis) is 1. The number of carbonyl (C=O) groups is 2. The van der Waals surface area contributed by atoms with E-state index in [9.17, 15) is 9.59 Å². The number of amides is 2. The molecule has 2 amide bonds. The second-order valence-corrected chi connectivity index (χ2v) is 5.60. The third kappa shape index (κ3) is 5.06. The van der Waals surface area contributed by atoms with E-state index in [1.807, 2.05) is 42.2 Å². The first-order valence-electron chi connectivity index (χ1n) is 7.94. The number of nitrogens with zero attached hydrogens (tertiary/aromatic N) is 1. The lowest BCUT2D eigenvalue weighted by atomic mass is 10.1. The van der Waals surface area contributed by atoms with Crippen molar-refractivity contribution in [3.63, 3.8) is 0 Å². The van der Waals surface area contributed by atoms with E-state index in [1.165, 1.54) is 0 Å². The van der Waals surface area contributed by atoms with Crippen molar-refractivity contribution in [2.24, 2.45) is 0 Å². The number of ether oxygens (including phenoxy) is 1. The fourth-order valence-electron chi connectivity index (χ4n) is 2.54. The van der Waals surface area contributed by atoms with Gasteiger partial charge in [-0.15, -0.1) is 0 Å². The highest BCUT2D eigenvalue weighted by Gasteiger charge is 2.22. The maximum absolute atomic E-state index is 12.1. The van der Waals surface area contributed by atoms with Crippen LogP contribution in [0.1, 0.15) is 38.2 Å². The van der Waals surface area contributed by atoms with Gasteiger partial charge in [-0.3, -0.25) is 4.79 Å². The summed E-state index contributed by atoms with van der Waals surface area (Å²) >= 11 is 0. The molecular weight excluding hydrogens is 280 g/mol. The summed E-state index contributed by atoms with van der Waals surface area (Å²) in [6.45, 7) is 3.88. The number of carbonyl (C=O) groups excluding carboxylic acids is 2. The lowest BCUT2D eigenvalue weighted by Crippen LogP contribution is -2.39. The van der Waals surface area contributed by atoms with Gasteiger partial charge in [-0.2, -0.15) is 0 Å². The summed E-state index contributed by atoms with van der Waals surface area (Å²) in [6, 6.07) is 9.36. The number of hydrogen-bond acceptors (Lipinski definition) is 3. The predicted molar refractivity (Wildman–Crippen MR) is 84.3 cm³/mol. The molecule has 0 radical (unpaired) electrons. The molecular formula is C17H24N2O3. The van der Waals surface area contributed by atoms with Crippen LogP contribution < -0.4 is 5.32 Å². The van der Waals surface area contributed by atoms with E-state index in [0.717, 1.165) is 31.5 Å². The van der Waals surface area contributed by atoms with Crippen molar-refractivity contribution in [3.8, 4) is 0 Å². The molecule has 5 heteroatoms. The van der Waals surface area contributed by atoms with Crippen LogP contribution in [0.4, 0.5) is 4.79 Å². The minimum Gasteiger partial charge on any atom is -0.445 e. The Bertz CT molecular complexity index is 484. The summed E-state index contributed by atoms with van der Waals surface area (Å²) in [6.07, 6.45) is 2.74. The molecule has 1 fully saturated rings. The lowest BCUT2D eigenvalue weighted by molar-refractivity contribution is -0.130. The zero-order valence-electron chi connectivity index (χ0n) is 13.1. The highest BCUT2D eigenvalue weighted by atomic mass is 16.5. The number of nitrogens with one attached hydrogen (secondary N) is 1. The van der Waals surface area contributed by atoms with Gasteiger partial charge in [-0.1, -0.05) is 37.3 Å². The SMILES string of the molecule is CCC(CC(=O)N1CCCC1)NC(=O)OCc1ccccc1. The van der Waals surface area contributed by atoms with Gasteiger partial charge in [0.15, 0.2) is 0 Å². The molecule has 5 nitrogen and oxygen atoms in total. The maximum atomic E-state index is 12.1. The average Bonchev–Trinajstić information content (AvgIpc) is 3.08. The smallest absolute Gasteiger partial charge is 0.407 e. The Morgan fingerprint density at radius 3 is 2.55 bits per heavy atom. The van der Waals surface area contributed by atoms with Crippen LogP contribution >= 0.6 is 0 Å². The summed E-state index contributed by atoms with van der Waals surface area (Å²) < 4.78 is 5.19. The standard InChI is InChI=1S/C17H24N2O3/c1-2-15(12-16(20)19-10-6-7-11-19)18-17(21)22-13-14-8-4-3-5-9-14/h3-5,8-9,15H,2,6-7,10-13H2,1H3,(H,18,21). The van der Waals surface area contributed by atoms with Crippen LogP contribution in [0, 0.1) is 0 Å². The zero-order chi connectivity index (χ0) is 15.8. The van der Waals surface area contributed by atoms with Gasteiger partial charge in [-0.05, 0) is 24.8 Å². The molecule has 1 atom stereocenters. The minimum atomic E-state index is -0.468. The van der Waals surface area contributed by atoms with E-state index < -0.39 is 6.09 Å². The predicted octanol–water partition coefficient (Wildman–Crippen LogP) is 2.70. The maximum Gasteiger partial charge on any atom is 0.407 e. The van der Waals surface area contributed by atoms with Crippen molar-refractivity contribution in [3.05, 3.63) is 35.9 Å². The Morgan fingerprint density at radius 2 is 1.91 bits per heavy atom. The summed E-state index contributed by atoms with van der Waals surface area (Å²) in [5, 5.41) is 2.78. The number of likely N-dealkylation sites (tertiary alicyclic amines) is 1. The molecule has 1 saturated heterocycles. The van der Waals surface area contributed by atoms with Crippen LogP contribution in [0.25, 0.3) is 0 Å². The zero-order valence-corrected chi connectivity index (χ0v) is 13.1. The van der Waals surface area contributed by atoms with Crippen LogP contribution in [0.3, 0.4) is 0 Å². The Morgan fingerprint density at radius 1 is 1.23 bits per heavy atom. The van der Waals surface area contributed by atoms with E-state index in [1.54, 1.807) is 0 Å². The highest BCUT2D eigenvalue weighted by molar-refractivity contribution is 5.78. The van der Waals surface area contributed by atoms with E-state index in [-0.39, 0.29) is 18.6 Å². The molecule has 1 unspecified atom stereocenters. The van der Waals surface area contributed by atoms with Crippen molar-refractivity contribution in [1.82, 2.24) is 10.2 Å². The monoisotopic (exact) mass is 304 g/mol. The topological polar surface area (TPSA) is 58.6 Å². The molecule has 1 aliphatic heterocycles.